The molecular formula is C9H16ClF2NO3. The van der Waals surface area contributed by atoms with Gasteiger partial charge in [-0.3, -0.25) is 4.79 Å². The molecule has 0 rings (SSSR count). The summed E-state index contributed by atoms with van der Waals surface area (Å²) in [5, 5.41) is 0. The van der Waals surface area contributed by atoms with Gasteiger partial charge in [0, 0.05) is 19.5 Å². The monoisotopic (exact) mass is 259 g/mol. The van der Waals surface area contributed by atoms with Gasteiger partial charge in [0.2, 0.25) is 5.91 Å². The van der Waals surface area contributed by atoms with Gasteiger partial charge in [-0.1, -0.05) is 0 Å². The third-order valence-electron chi connectivity index (χ3n) is 1.72. The Bertz CT molecular complexity index is 196. The Kier molecular flexibility index (Phi) is 9.46. The van der Waals surface area contributed by atoms with E-state index >= 15 is 0 Å². The number of amides is 1. The fourth-order valence-electron chi connectivity index (χ4n) is 0.979. The van der Waals surface area contributed by atoms with Crippen LogP contribution in [0.1, 0.15) is 0 Å². The summed E-state index contributed by atoms with van der Waals surface area (Å²) in [6, 6.07) is 0. The van der Waals surface area contributed by atoms with Crippen LogP contribution in [0.4, 0.5) is 8.78 Å². The van der Waals surface area contributed by atoms with E-state index in [1.165, 1.54) is 7.11 Å². The average molecular weight is 260 g/mol. The van der Waals surface area contributed by atoms with Gasteiger partial charge in [0.1, 0.15) is 6.61 Å². The van der Waals surface area contributed by atoms with E-state index in [1.807, 2.05) is 0 Å². The first kappa shape index (κ1) is 15.5. The van der Waals surface area contributed by atoms with Crippen LogP contribution in [0.3, 0.4) is 0 Å². The number of ether oxygens (including phenoxy) is 2. The molecule has 16 heavy (non-hydrogen) atoms. The lowest BCUT2D eigenvalue weighted by atomic mass is 10.4. The smallest absolute Gasteiger partial charge is 0.255 e. The van der Waals surface area contributed by atoms with Crippen LogP contribution in [0.15, 0.2) is 0 Å². The van der Waals surface area contributed by atoms with Crippen LogP contribution < -0.4 is 0 Å². The minimum Gasteiger partial charge on any atom is -0.382 e. The number of rotatable bonds is 9. The van der Waals surface area contributed by atoms with Gasteiger partial charge in [-0.25, -0.2) is 8.78 Å². The lowest BCUT2D eigenvalue weighted by molar-refractivity contribution is -0.138. The zero-order valence-corrected chi connectivity index (χ0v) is 9.88. The van der Waals surface area contributed by atoms with Crippen molar-refractivity contribution in [2.24, 2.45) is 0 Å². The molecule has 0 unspecified atom stereocenters. The summed E-state index contributed by atoms with van der Waals surface area (Å²) in [5.74, 6) is -0.367. The van der Waals surface area contributed by atoms with E-state index < -0.39 is 18.9 Å². The van der Waals surface area contributed by atoms with Crippen molar-refractivity contribution in [1.82, 2.24) is 4.90 Å². The lowest BCUT2D eigenvalue weighted by Crippen LogP contribution is -2.39. The molecule has 0 spiro atoms. The fraction of sp³-hybridized carbons (Fsp3) is 0.889. The summed E-state index contributed by atoms with van der Waals surface area (Å²) < 4.78 is 33.9. The molecular weight excluding hydrogens is 244 g/mol. The first-order chi connectivity index (χ1) is 7.61. The summed E-state index contributed by atoms with van der Waals surface area (Å²) in [7, 11) is 1.50. The van der Waals surface area contributed by atoms with E-state index in [4.69, 9.17) is 21.1 Å². The van der Waals surface area contributed by atoms with Crippen molar-refractivity contribution >= 4 is 17.5 Å². The second kappa shape index (κ2) is 9.74. The normalized spacial score (nSPS) is 10.8. The van der Waals surface area contributed by atoms with E-state index in [2.05, 4.69) is 0 Å². The third kappa shape index (κ3) is 7.78. The SMILES string of the molecule is COCCOCC(=O)N(CCCl)CC(F)F. The highest BCUT2D eigenvalue weighted by molar-refractivity contribution is 6.18. The van der Waals surface area contributed by atoms with Crippen LogP contribution >= 0.6 is 11.6 Å². The quantitative estimate of drug-likeness (QED) is 0.458. The number of hydrogen-bond donors (Lipinski definition) is 0. The topological polar surface area (TPSA) is 38.8 Å². The highest BCUT2D eigenvalue weighted by atomic mass is 35.5. The zero-order chi connectivity index (χ0) is 12.4. The van der Waals surface area contributed by atoms with Crippen LogP contribution in [-0.2, 0) is 14.3 Å². The number of carbonyl (C=O) groups is 1. The molecule has 0 radical (unpaired) electrons. The molecule has 0 saturated carbocycles. The summed E-state index contributed by atoms with van der Waals surface area (Å²) in [6.45, 7) is -0.131. The number of nitrogens with zero attached hydrogens (tertiary/aromatic N) is 1. The van der Waals surface area contributed by atoms with Gasteiger partial charge < -0.3 is 14.4 Å². The number of carbonyl (C=O) groups excluding carboxylic acids is 1. The average Bonchev–Trinajstić information content (AvgIpc) is 2.23. The molecule has 0 saturated heterocycles. The highest BCUT2D eigenvalue weighted by Crippen LogP contribution is 2.00. The maximum atomic E-state index is 12.1. The molecule has 96 valence electrons. The first-order valence-corrected chi connectivity index (χ1v) is 5.33. The Morgan fingerprint density at radius 1 is 1.44 bits per heavy atom. The van der Waals surface area contributed by atoms with Crippen molar-refractivity contribution in [2.75, 3.05) is 45.9 Å². The van der Waals surface area contributed by atoms with E-state index in [9.17, 15) is 13.6 Å². The van der Waals surface area contributed by atoms with Crippen LogP contribution in [0.5, 0.6) is 0 Å². The highest BCUT2D eigenvalue weighted by Gasteiger charge is 2.17. The summed E-state index contributed by atoms with van der Waals surface area (Å²) in [6.07, 6.45) is -2.56. The first-order valence-electron chi connectivity index (χ1n) is 4.80. The number of halogens is 3. The van der Waals surface area contributed by atoms with Gasteiger partial charge in [0.05, 0.1) is 19.8 Å². The van der Waals surface area contributed by atoms with Crippen LogP contribution in [0.2, 0.25) is 0 Å². The van der Waals surface area contributed by atoms with E-state index in [-0.39, 0.29) is 25.6 Å². The van der Waals surface area contributed by atoms with Gasteiger partial charge in [-0.2, -0.15) is 0 Å². The number of alkyl halides is 3. The number of methoxy groups -OCH3 is 1. The van der Waals surface area contributed by atoms with Crippen LogP contribution in [0, 0.1) is 0 Å². The fourth-order valence-corrected chi connectivity index (χ4v) is 1.18. The molecule has 1 amide bonds. The van der Waals surface area contributed by atoms with Gasteiger partial charge in [0.25, 0.3) is 6.43 Å². The molecule has 4 nitrogen and oxygen atoms in total. The minimum absolute atomic E-state index is 0.0956. The van der Waals surface area contributed by atoms with Gasteiger partial charge in [-0.05, 0) is 0 Å². The van der Waals surface area contributed by atoms with Gasteiger partial charge in [0.15, 0.2) is 0 Å². The van der Waals surface area contributed by atoms with Crippen molar-refractivity contribution in [1.29, 1.82) is 0 Å². The largest absolute Gasteiger partial charge is 0.382 e. The summed E-state index contributed by atoms with van der Waals surface area (Å²) >= 11 is 5.41. The molecule has 7 heteroatoms. The zero-order valence-electron chi connectivity index (χ0n) is 9.13. The standard InChI is InChI=1S/C9H16ClF2NO3/c1-15-4-5-16-7-9(14)13(3-2-10)6-8(11)12/h8H,2-7H2,1H3. The van der Waals surface area contributed by atoms with Gasteiger partial charge in [-0.15, -0.1) is 11.6 Å². The third-order valence-corrected chi connectivity index (χ3v) is 1.89. The van der Waals surface area contributed by atoms with Crippen molar-refractivity contribution in [3.63, 3.8) is 0 Å². The van der Waals surface area contributed by atoms with Crippen LogP contribution in [0.25, 0.3) is 0 Å². The Morgan fingerprint density at radius 2 is 2.12 bits per heavy atom. The second-order valence-electron chi connectivity index (χ2n) is 2.97. The molecule has 0 aliphatic heterocycles. The van der Waals surface area contributed by atoms with Crippen LogP contribution in [-0.4, -0.2) is 63.1 Å². The van der Waals surface area contributed by atoms with Crippen molar-refractivity contribution in [3.8, 4) is 0 Å². The van der Waals surface area contributed by atoms with E-state index in [0.29, 0.717) is 6.61 Å². The van der Waals surface area contributed by atoms with E-state index in [0.717, 1.165) is 4.90 Å². The molecule has 0 heterocycles. The predicted octanol–water partition coefficient (Wildman–Crippen LogP) is 0.982. The summed E-state index contributed by atoms with van der Waals surface area (Å²) in [4.78, 5) is 12.4. The molecule has 0 aromatic rings. The molecule has 0 bridgehead atoms. The molecule has 0 aromatic carbocycles. The summed E-state index contributed by atoms with van der Waals surface area (Å²) in [5.41, 5.74) is 0. The molecule has 0 aliphatic rings. The number of hydrogen-bond acceptors (Lipinski definition) is 3. The lowest BCUT2D eigenvalue weighted by Gasteiger charge is -2.20. The molecule has 0 fully saturated rings. The van der Waals surface area contributed by atoms with Crippen molar-refractivity contribution in [2.45, 2.75) is 6.43 Å². The molecule has 0 aromatic heterocycles. The molecule has 0 aliphatic carbocycles. The van der Waals surface area contributed by atoms with Crippen molar-refractivity contribution in [3.05, 3.63) is 0 Å². The second-order valence-corrected chi connectivity index (χ2v) is 3.34. The minimum atomic E-state index is -2.56. The van der Waals surface area contributed by atoms with Gasteiger partial charge >= 0.3 is 0 Å². The maximum Gasteiger partial charge on any atom is 0.255 e. The Balaban J connectivity index is 3.87. The van der Waals surface area contributed by atoms with E-state index in [1.54, 1.807) is 0 Å². The Labute approximate surface area is 98.4 Å². The van der Waals surface area contributed by atoms with Crippen molar-refractivity contribution < 1.29 is 23.0 Å². The maximum absolute atomic E-state index is 12.1. The molecule has 0 atom stereocenters. The Hall–Kier alpha value is -0.460. The Morgan fingerprint density at radius 3 is 2.62 bits per heavy atom. The predicted molar refractivity (Wildman–Crippen MR) is 56.0 cm³/mol. The molecule has 0 N–H and O–H groups in total.